The molecule has 3 N–H and O–H groups in total. The minimum atomic E-state index is -4.81. The molecule has 7 nitrogen and oxygen atoms in total. The van der Waals surface area contributed by atoms with Gasteiger partial charge in [-0.15, -0.1) is 13.2 Å². The van der Waals surface area contributed by atoms with E-state index in [2.05, 4.69) is 14.8 Å². The van der Waals surface area contributed by atoms with Crippen molar-refractivity contribution in [2.75, 3.05) is 13.7 Å². The number of hydrogen-bond acceptors (Lipinski definition) is 6. The van der Waals surface area contributed by atoms with Gasteiger partial charge in [0.2, 0.25) is 5.91 Å². The fourth-order valence-electron chi connectivity index (χ4n) is 2.74. The Hall–Kier alpha value is -2.33. The zero-order valence-electron chi connectivity index (χ0n) is 14.6. The lowest BCUT2D eigenvalue weighted by Gasteiger charge is -2.21. The molecule has 1 saturated heterocycles. The van der Waals surface area contributed by atoms with Crippen LogP contribution in [0.15, 0.2) is 24.3 Å². The molecule has 0 bridgehead atoms. The van der Waals surface area contributed by atoms with E-state index in [4.69, 9.17) is 10.5 Å². The molecule has 0 aliphatic carbocycles. The molecule has 27 heavy (non-hydrogen) atoms. The lowest BCUT2D eigenvalue weighted by Crippen LogP contribution is -2.38. The molecule has 0 radical (unpaired) electrons. The van der Waals surface area contributed by atoms with E-state index in [9.17, 15) is 22.8 Å². The second-order valence-electron chi connectivity index (χ2n) is 6.02. The maximum atomic E-state index is 12.4. The lowest BCUT2D eigenvalue weighted by molar-refractivity contribution is -0.274. The third-order valence-corrected chi connectivity index (χ3v) is 4.09. The van der Waals surface area contributed by atoms with E-state index in [1.165, 1.54) is 19.2 Å². The molecule has 1 aliphatic heterocycles. The van der Waals surface area contributed by atoms with E-state index in [-0.39, 0.29) is 12.5 Å². The van der Waals surface area contributed by atoms with E-state index in [1.807, 2.05) is 0 Å². The zero-order chi connectivity index (χ0) is 20.0. The van der Waals surface area contributed by atoms with Crippen molar-refractivity contribution in [2.24, 2.45) is 5.73 Å². The second kappa shape index (κ2) is 9.05. The summed E-state index contributed by atoms with van der Waals surface area (Å²) < 4.78 is 50.7. The molecule has 3 atom stereocenters. The fraction of sp³-hybridized carbons (Fsp3) is 0.529. The van der Waals surface area contributed by atoms with Crippen LogP contribution in [0.4, 0.5) is 13.2 Å². The number of nitrogens with two attached hydrogens (primary N) is 1. The standard InChI is InChI=1S/C17H21F3N2O5/c1-25-15(23)8-13(22-16(24)14-7-6-12(9-21)26-14)10-2-4-11(5-3-10)27-17(18,19)20/h2-5,12-14H,6-9,21H2,1H3,(H,22,24)/t12-,13?,14+/m1/s1. The number of halogens is 3. The summed E-state index contributed by atoms with van der Waals surface area (Å²) in [6.45, 7) is 0.302. The molecule has 10 heteroatoms. The topological polar surface area (TPSA) is 99.9 Å². The van der Waals surface area contributed by atoms with E-state index >= 15 is 0 Å². The molecule has 1 aromatic carbocycles. The van der Waals surface area contributed by atoms with Crippen LogP contribution in [0, 0.1) is 0 Å². The van der Waals surface area contributed by atoms with Crippen molar-refractivity contribution in [3.8, 4) is 5.75 Å². The van der Waals surface area contributed by atoms with Crippen molar-refractivity contribution in [3.63, 3.8) is 0 Å². The minimum absolute atomic E-state index is 0.186. The summed E-state index contributed by atoms with van der Waals surface area (Å²) in [6.07, 6.45) is -4.73. The lowest BCUT2D eigenvalue weighted by atomic mass is 10.0. The van der Waals surface area contributed by atoms with E-state index < -0.39 is 36.1 Å². The number of nitrogens with one attached hydrogen (secondary N) is 1. The summed E-state index contributed by atoms with van der Waals surface area (Å²) >= 11 is 0. The summed E-state index contributed by atoms with van der Waals surface area (Å²) in [6, 6.07) is 4.11. The normalized spacial score (nSPS) is 20.8. The summed E-state index contributed by atoms with van der Waals surface area (Å²) in [4.78, 5) is 24.1. The number of alkyl halides is 3. The molecule has 1 amide bonds. The molecular weight excluding hydrogens is 369 g/mol. The highest BCUT2D eigenvalue weighted by molar-refractivity contribution is 5.82. The average Bonchev–Trinajstić information content (AvgIpc) is 3.09. The Morgan fingerprint density at radius 2 is 1.96 bits per heavy atom. The Morgan fingerprint density at radius 3 is 2.48 bits per heavy atom. The Bertz CT molecular complexity index is 651. The van der Waals surface area contributed by atoms with Crippen LogP contribution in [0.25, 0.3) is 0 Å². The predicted molar refractivity (Wildman–Crippen MR) is 87.6 cm³/mol. The highest BCUT2D eigenvalue weighted by atomic mass is 19.4. The van der Waals surface area contributed by atoms with Gasteiger partial charge >= 0.3 is 12.3 Å². The molecule has 1 fully saturated rings. The van der Waals surface area contributed by atoms with Crippen LogP contribution in [0.1, 0.15) is 30.9 Å². The first kappa shape index (κ1) is 21.0. The van der Waals surface area contributed by atoms with Crippen LogP contribution in [-0.4, -0.2) is 44.1 Å². The van der Waals surface area contributed by atoms with Gasteiger partial charge in [0.15, 0.2) is 0 Å². The van der Waals surface area contributed by atoms with Crippen molar-refractivity contribution in [2.45, 2.75) is 43.9 Å². The quantitative estimate of drug-likeness (QED) is 0.689. The summed E-state index contributed by atoms with van der Waals surface area (Å²) in [5.74, 6) is -1.40. The third-order valence-electron chi connectivity index (χ3n) is 4.09. The number of hydrogen-bond donors (Lipinski definition) is 2. The van der Waals surface area contributed by atoms with E-state index in [1.54, 1.807) is 0 Å². The number of methoxy groups -OCH3 is 1. The van der Waals surface area contributed by atoms with Gasteiger partial charge < -0.3 is 25.3 Å². The van der Waals surface area contributed by atoms with E-state index in [0.717, 1.165) is 12.1 Å². The maximum Gasteiger partial charge on any atom is 0.573 e. The monoisotopic (exact) mass is 390 g/mol. The van der Waals surface area contributed by atoms with Gasteiger partial charge in [-0.2, -0.15) is 0 Å². The first-order valence-electron chi connectivity index (χ1n) is 8.30. The van der Waals surface area contributed by atoms with Crippen molar-refractivity contribution in [1.29, 1.82) is 0 Å². The summed E-state index contributed by atoms with van der Waals surface area (Å²) in [5.41, 5.74) is 5.95. The first-order chi connectivity index (χ1) is 12.7. The van der Waals surface area contributed by atoms with Crippen molar-refractivity contribution in [1.82, 2.24) is 5.32 Å². The summed E-state index contributed by atoms with van der Waals surface area (Å²) in [5, 5.41) is 2.68. The minimum Gasteiger partial charge on any atom is -0.469 e. The van der Waals surface area contributed by atoms with Gasteiger partial charge in [-0.3, -0.25) is 9.59 Å². The number of carbonyl (C=O) groups is 2. The van der Waals surface area contributed by atoms with Crippen LogP contribution >= 0.6 is 0 Å². The molecule has 0 spiro atoms. The molecule has 150 valence electrons. The average molecular weight is 390 g/mol. The number of ether oxygens (including phenoxy) is 3. The van der Waals surface area contributed by atoms with Crippen LogP contribution in [0.5, 0.6) is 5.75 Å². The van der Waals surface area contributed by atoms with Crippen LogP contribution < -0.4 is 15.8 Å². The van der Waals surface area contributed by atoms with Crippen molar-refractivity contribution < 1.29 is 37.0 Å². The number of benzene rings is 1. The largest absolute Gasteiger partial charge is 0.573 e. The Labute approximate surface area is 153 Å². The molecule has 1 aliphatic rings. The molecule has 0 saturated carbocycles. The second-order valence-corrected chi connectivity index (χ2v) is 6.02. The molecule has 1 unspecified atom stereocenters. The highest BCUT2D eigenvalue weighted by Crippen LogP contribution is 2.26. The van der Waals surface area contributed by atoms with Gasteiger partial charge in [-0.1, -0.05) is 12.1 Å². The maximum absolute atomic E-state index is 12.4. The summed E-state index contributed by atoms with van der Waals surface area (Å²) in [7, 11) is 1.20. The number of esters is 1. The first-order valence-corrected chi connectivity index (χ1v) is 8.30. The van der Waals surface area contributed by atoms with Gasteiger partial charge in [-0.05, 0) is 30.5 Å². The highest BCUT2D eigenvalue weighted by Gasteiger charge is 2.33. The Kier molecular flexibility index (Phi) is 7.03. The molecule has 1 heterocycles. The zero-order valence-corrected chi connectivity index (χ0v) is 14.6. The van der Waals surface area contributed by atoms with Gasteiger partial charge in [0, 0.05) is 6.54 Å². The SMILES string of the molecule is COC(=O)CC(NC(=O)[C@@H]1CC[C@H](CN)O1)c1ccc(OC(F)(F)F)cc1. The Balaban J connectivity index is 2.09. The van der Waals surface area contributed by atoms with Crippen LogP contribution in [-0.2, 0) is 19.1 Å². The molecular formula is C17H21F3N2O5. The van der Waals surface area contributed by atoms with Crippen molar-refractivity contribution >= 4 is 11.9 Å². The smallest absolute Gasteiger partial charge is 0.469 e. The fourth-order valence-corrected chi connectivity index (χ4v) is 2.74. The molecule has 1 aromatic rings. The van der Waals surface area contributed by atoms with Crippen molar-refractivity contribution in [3.05, 3.63) is 29.8 Å². The number of rotatable bonds is 7. The third kappa shape index (κ3) is 6.40. The Morgan fingerprint density at radius 1 is 1.30 bits per heavy atom. The van der Waals surface area contributed by atoms with Gasteiger partial charge in [0.05, 0.1) is 25.7 Å². The van der Waals surface area contributed by atoms with E-state index in [0.29, 0.717) is 24.9 Å². The van der Waals surface area contributed by atoms with Gasteiger partial charge in [-0.25, -0.2) is 0 Å². The predicted octanol–water partition coefficient (Wildman–Crippen LogP) is 1.81. The van der Waals surface area contributed by atoms with Crippen LogP contribution in [0.2, 0.25) is 0 Å². The number of amides is 1. The molecule has 2 rings (SSSR count). The van der Waals surface area contributed by atoms with Gasteiger partial charge in [0.1, 0.15) is 11.9 Å². The molecule has 0 aromatic heterocycles. The van der Waals surface area contributed by atoms with Crippen LogP contribution in [0.3, 0.4) is 0 Å². The van der Waals surface area contributed by atoms with Gasteiger partial charge in [0.25, 0.3) is 0 Å². The number of carbonyl (C=O) groups excluding carboxylic acids is 2.